The molecular weight excluding hydrogens is 559 g/mol. The second-order valence-corrected chi connectivity index (χ2v) is 11.1. The number of amides is 1. The van der Waals surface area contributed by atoms with Gasteiger partial charge in [0.1, 0.15) is 11.4 Å². The molecule has 3 aromatic carbocycles. The van der Waals surface area contributed by atoms with Gasteiger partial charge in [0.2, 0.25) is 11.8 Å². The number of carbonyl (C=O) groups is 1. The Balaban J connectivity index is 1.45. The predicted octanol–water partition coefficient (Wildman–Crippen LogP) is 6.73. The molecule has 5 rings (SSSR count). The number of rotatable bonds is 10. The van der Waals surface area contributed by atoms with E-state index in [2.05, 4.69) is 39.5 Å². The quantitative estimate of drug-likeness (QED) is 0.208. The van der Waals surface area contributed by atoms with Gasteiger partial charge in [-0.05, 0) is 74.3 Å². The zero-order chi connectivity index (χ0) is 31.2. The molecule has 1 fully saturated rings. The van der Waals surface area contributed by atoms with Crippen LogP contribution in [0.2, 0.25) is 0 Å². The summed E-state index contributed by atoms with van der Waals surface area (Å²) in [6, 6.07) is 16.5. The van der Waals surface area contributed by atoms with Gasteiger partial charge >= 0.3 is 0 Å². The van der Waals surface area contributed by atoms with Crippen molar-refractivity contribution in [3.8, 4) is 17.4 Å². The molecule has 0 radical (unpaired) electrons. The maximum atomic E-state index is 15.2. The van der Waals surface area contributed by atoms with Crippen molar-refractivity contribution in [2.75, 3.05) is 55.9 Å². The summed E-state index contributed by atoms with van der Waals surface area (Å²) in [5.41, 5.74) is 4.84. The first-order valence-electron chi connectivity index (χ1n) is 14.8. The second kappa shape index (κ2) is 13.7. The SMILES string of the molecule is CCCc1ccc(Oc2nc(Nc3ccc(N4CCN(C)CC4)c(F)c3)ncc2C(=O)Nc2c(C)cccc2C)c(OC)c1. The summed E-state index contributed by atoms with van der Waals surface area (Å²) >= 11 is 0. The number of aryl methyl sites for hydroxylation is 3. The largest absolute Gasteiger partial charge is 0.493 e. The highest BCUT2D eigenvalue weighted by molar-refractivity contribution is 6.06. The van der Waals surface area contributed by atoms with E-state index in [4.69, 9.17) is 9.47 Å². The molecule has 2 heterocycles. The van der Waals surface area contributed by atoms with E-state index >= 15 is 4.39 Å². The van der Waals surface area contributed by atoms with Gasteiger partial charge in [0.05, 0.1) is 12.8 Å². The van der Waals surface area contributed by atoms with E-state index in [1.807, 2.05) is 49.1 Å². The monoisotopic (exact) mass is 598 g/mol. The van der Waals surface area contributed by atoms with Crippen LogP contribution in [0.15, 0.2) is 60.8 Å². The van der Waals surface area contributed by atoms with Crippen LogP contribution in [-0.2, 0) is 6.42 Å². The number of anilines is 4. The highest BCUT2D eigenvalue weighted by atomic mass is 19.1. The third-order valence-electron chi connectivity index (χ3n) is 7.74. The first-order valence-corrected chi connectivity index (χ1v) is 14.8. The summed E-state index contributed by atoms with van der Waals surface area (Å²) in [5, 5.41) is 6.05. The number of ether oxygens (including phenoxy) is 2. The van der Waals surface area contributed by atoms with Crippen LogP contribution in [0.25, 0.3) is 0 Å². The average molecular weight is 599 g/mol. The van der Waals surface area contributed by atoms with Gasteiger partial charge < -0.3 is 29.9 Å². The predicted molar refractivity (Wildman–Crippen MR) is 172 cm³/mol. The molecule has 0 bridgehead atoms. The summed E-state index contributed by atoms with van der Waals surface area (Å²) < 4.78 is 27.0. The molecule has 0 unspecified atom stereocenters. The molecular formula is C34H39FN6O3. The van der Waals surface area contributed by atoms with Crippen molar-refractivity contribution in [1.29, 1.82) is 0 Å². The summed E-state index contributed by atoms with van der Waals surface area (Å²) in [6.45, 7) is 9.26. The van der Waals surface area contributed by atoms with Gasteiger partial charge in [0.15, 0.2) is 11.5 Å². The minimum Gasteiger partial charge on any atom is -0.493 e. The minimum atomic E-state index is -0.423. The van der Waals surface area contributed by atoms with Gasteiger partial charge in [-0.2, -0.15) is 4.98 Å². The highest BCUT2D eigenvalue weighted by Crippen LogP contribution is 2.35. The van der Waals surface area contributed by atoms with Crippen LogP contribution in [0.4, 0.5) is 27.4 Å². The van der Waals surface area contributed by atoms with E-state index in [9.17, 15) is 4.79 Å². The smallest absolute Gasteiger partial charge is 0.262 e. The van der Waals surface area contributed by atoms with E-state index in [0.29, 0.717) is 28.6 Å². The maximum absolute atomic E-state index is 15.2. The molecule has 0 atom stereocenters. The van der Waals surface area contributed by atoms with E-state index in [0.717, 1.165) is 55.7 Å². The van der Waals surface area contributed by atoms with E-state index in [1.165, 1.54) is 12.3 Å². The molecule has 9 nitrogen and oxygen atoms in total. The molecule has 1 aliphatic heterocycles. The highest BCUT2D eigenvalue weighted by Gasteiger charge is 2.21. The molecule has 1 aromatic heterocycles. The first kappa shape index (κ1) is 30.7. The van der Waals surface area contributed by atoms with Crippen LogP contribution in [0.5, 0.6) is 17.4 Å². The Bertz CT molecular complexity index is 1620. The molecule has 0 aliphatic carbocycles. The van der Waals surface area contributed by atoms with Gasteiger partial charge in [-0.3, -0.25) is 4.79 Å². The van der Waals surface area contributed by atoms with Crippen LogP contribution in [0.3, 0.4) is 0 Å². The molecule has 10 heteroatoms. The molecule has 1 saturated heterocycles. The number of halogens is 1. The van der Waals surface area contributed by atoms with Gasteiger partial charge in [0.25, 0.3) is 5.91 Å². The number of carbonyl (C=O) groups excluding carboxylic acids is 1. The van der Waals surface area contributed by atoms with Crippen molar-refractivity contribution >= 4 is 28.9 Å². The summed E-state index contributed by atoms with van der Waals surface area (Å²) in [7, 11) is 3.63. The van der Waals surface area contributed by atoms with Crippen molar-refractivity contribution in [2.45, 2.75) is 33.6 Å². The first-order chi connectivity index (χ1) is 21.2. The van der Waals surface area contributed by atoms with Crippen LogP contribution in [0.1, 0.15) is 40.4 Å². The Labute approximate surface area is 258 Å². The number of hydrogen-bond donors (Lipinski definition) is 2. The van der Waals surface area contributed by atoms with E-state index in [1.54, 1.807) is 25.3 Å². The Morgan fingerprint density at radius 1 is 1.00 bits per heavy atom. The molecule has 2 N–H and O–H groups in total. The van der Waals surface area contributed by atoms with Crippen molar-refractivity contribution < 1.29 is 18.7 Å². The zero-order valence-electron chi connectivity index (χ0n) is 25.9. The molecule has 44 heavy (non-hydrogen) atoms. The van der Waals surface area contributed by atoms with Crippen LogP contribution >= 0.6 is 0 Å². The van der Waals surface area contributed by atoms with Crippen molar-refractivity contribution in [3.63, 3.8) is 0 Å². The fourth-order valence-electron chi connectivity index (χ4n) is 5.21. The van der Waals surface area contributed by atoms with Gasteiger partial charge in [-0.25, -0.2) is 9.37 Å². The summed E-state index contributed by atoms with van der Waals surface area (Å²) in [5.74, 6) is 0.345. The van der Waals surface area contributed by atoms with Crippen molar-refractivity contribution in [3.05, 3.63) is 88.9 Å². The molecule has 4 aromatic rings. The Kier molecular flexibility index (Phi) is 9.59. The number of methoxy groups -OCH3 is 1. The summed E-state index contributed by atoms with van der Waals surface area (Å²) in [4.78, 5) is 26.8. The lowest BCUT2D eigenvalue weighted by molar-refractivity contribution is 0.102. The van der Waals surface area contributed by atoms with E-state index < -0.39 is 5.91 Å². The van der Waals surface area contributed by atoms with Crippen molar-refractivity contribution in [2.24, 2.45) is 0 Å². The number of nitrogens with zero attached hydrogens (tertiary/aromatic N) is 4. The number of piperazine rings is 1. The minimum absolute atomic E-state index is 0.0299. The standard InChI is InChI=1S/C34H39FN6O3/c1-6-8-24-11-14-29(30(19-24)43-5)44-33-26(32(42)38-31-22(2)9-7-10-23(31)3)21-36-34(39-33)37-25-12-13-28(27(35)20-25)41-17-15-40(4)16-18-41/h7,9-14,19-21H,6,8,15-18H2,1-5H3,(H,38,42)(H,36,37,39). The number of nitrogens with one attached hydrogen (secondary N) is 2. The number of likely N-dealkylation sites (N-methyl/N-ethyl adjacent to an activating group) is 1. The van der Waals surface area contributed by atoms with Gasteiger partial charge in [-0.1, -0.05) is 37.6 Å². The number of benzene rings is 3. The molecule has 1 amide bonds. The molecule has 230 valence electrons. The average Bonchev–Trinajstić information content (AvgIpc) is 3.01. The van der Waals surface area contributed by atoms with Crippen LogP contribution < -0.4 is 25.0 Å². The third kappa shape index (κ3) is 7.08. The Morgan fingerprint density at radius 3 is 2.43 bits per heavy atom. The van der Waals surface area contributed by atoms with Gasteiger partial charge in [0, 0.05) is 43.8 Å². The van der Waals surface area contributed by atoms with E-state index in [-0.39, 0.29) is 23.2 Å². The topological polar surface area (TPSA) is 91.9 Å². The lowest BCUT2D eigenvalue weighted by Gasteiger charge is -2.34. The molecule has 1 aliphatic rings. The fraction of sp³-hybridized carbons (Fsp3) is 0.324. The number of aromatic nitrogens is 2. The third-order valence-corrected chi connectivity index (χ3v) is 7.74. The molecule has 0 spiro atoms. The number of hydrogen-bond acceptors (Lipinski definition) is 8. The lowest BCUT2D eigenvalue weighted by atomic mass is 10.1. The maximum Gasteiger partial charge on any atom is 0.262 e. The Hall–Kier alpha value is -4.70. The van der Waals surface area contributed by atoms with Crippen molar-refractivity contribution in [1.82, 2.24) is 14.9 Å². The normalized spacial score (nSPS) is 13.5. The van der Waals surface area contributed by atoms with Gasteiger partial charge in [-0.15, -0.1) is 0 Å². The summed E-state index contributed by atoms with van der Waals surface area (Å²) in [6.07, 6.45) is 3.29. The molecule has 0 saturated carbocycles. The van der Waals surface area contributed by atoms with Crippen LogP contribution in [-0.4, -0.2) is 61.1 Å². The zero-order valence-corrected chi connectivity index (χ0v) is 25.9. The second-order valence-electron chi connectivity index (χ2n) is 11.1. The lowest BCUT2D eigenvalue weighted by Crippen LogP contribution is -2.44. The number of para-hydroxylation sites is 1. The Morgan fingerprint density at radius 2 is 1.75 bits per heavy atom. The van der Waals surface area contributed by atoms with Crippen LogP contribution in [0, 0.1) is 19.7 Å². The fourth-order valence-corrected chi connectivity index (χ4v) is 5.21.